The highest BCUT2D eigenvalue weighted by Crippen LogP contribution is 2.18. The summed E-state index contributed by atoms with van der Waals surface area (Å²) in [7, 11) is 0. The van der Waals surface area contributed by atoms with Crippen molar-refractivity contribution in [3.05, 3.63) is 50.4 Å². The van der Waals surface area contributed by atoms with Crippen molar-refractivity contribution in [2.75, 3.05) is 19.6 Å². The molecule has 1 fully saturated rings. The van der Waals surface area contributed by atoms with Gasteiger partial charge in [0.1, 0.15) is 5.01 Å². The number of aryl methyl sites for hydroxylation is 2. The van der Waals surface area contributed by atoms with E-state index in [1.807, 2.05) is 12.1 Å². The fourth-order valence-electron chi connectivity index (χ4n) is 3.35. The van der Waals surface area contributed by atoms with Crippen molar-refractivity contribution in [3.8, 4) is 0 Å². The van der Waals surface area contributed by atoms with Crippen molar-refractivity contribution in [3.63, 3.8) is 0 Å². The van der Waals surface area contributed by atoms with E-state index in [0.717, 1.165) is 60.7 Å². The van der Waals surface area contributed by atoms with Gasteiger partial charge < -0.3 is 10.6 Å². The number of aromatic nitrogens is 1. The fraction of sp³-hybridized carbons (Fsp3) is 0.524. The smallest absolute Gasteiger partial charge is 0.191 e. The minimum atomic E-state index is 0. The average molecular weight is 548 g/mol. The number of halogens is 2. The van der Waals surface area contributed by atoms with Gasteiger partial charge >= 0.3 is 0 Å². The lowest BCUT2D eigenvalue weighted by molar-refractivity contribution is 0.198. The molecule has 0 amide bonds. The fourth-order valence-corrected chi connectivity index (χ4v) is 4.33. The molecule has 0 bridgehead atoms. The number of piperidine rings is 1. The van der Waals surface area contributed by atoms with Gasteiger partial charge in [0, 0.05) is 42.1 Å². The number of thiazole rings is 1. The lowest BCUT2D eigenvalue weighted by Crippen LogP contribution is -2.48. The van der Waals surface area contributed by atoms with Crippen LogP contribution in [0.4, 0.5) is 0 Å². The number of rotatable bonds is 6. The Bertz CT molecular complexity index is 765. The second-order valence-corrected chi connectivity index (χ2v) is 8.99. The topological polar surface area (TPSA) is 52.6 Å². The zero-order valence-corrected chi connectivity index (χ0v) is 21.3. The molecule has 2 aromatic rings. The molecule has 160 valence electrons. The van der Waals surface area contributed by atoms with E-state index in [1.54, 1.807) is 11.3 Å². The third-order valence-electron chi connectivity index (χ3n) is 5.04. The molecule has 0 aliphatic carbocycles. The lowest BCUT2D eigenvalue weighted by Gasteiger charge is -2.33. The molecule has 0 unspecified atom stereocenters. The molecule has 1 aliphatic heterocycles. The predicted molar refractivity (Wildman–Crippen MR) is 135 cm³/mol. The van der Waals surface area contributed by atoms with E-state index in [0.29, 0.717) is 12.6 Å². The molecule has 2 N–H and O–H groups in total. The number of nitrogens with one attached hydrogen (secondary N) is 2. The molecule has 0 radical (unpaired) electrons. The molecule has 1 aliphatic rings. The van der Waals surface area contributed by atoms with E-state index in [1.165, 1.54) is 10.4 Å². The van der Waals surface area contributed by atoms with E-state index in [-0.39, 0.29) is 24.0 Å². The summed E-state index contributed by atoms with van der Waals surface area (Å²) in [4.78, 5) is 13.1. The number of hydrogen-bond acceptors (Lipinski definition) is 4. The largest absolute Gasteiger partial charge is 0.357 e. The molecular weight excluding hydrogens is 517 g/mol. The Morgan fingerprint density at radius 3 is 2.52 bits per heavy atom. The van der Waals surface area contributed by atoms with Gasteiger partial charge in [-0.2, -0.15) is 0 Å². The van der Waals surface area contributed by atoms with Crippen LogP contribution in [0.2, 0.25) is 5.02 Å². The average Bonchev–Trinajstić information content (AvgIpc) is 3.01. The summed E-state index contributed by atoms with van der Waals surface area (Å²) in [6.45, 7) is 10.9. The standard InChI is InChI=1S/C21H30ClN5S.HI/c1-4-23-21(24-13-20-25-15(2)16(3)28-20)26-19-9-11-27(12-10-19)14-17-5-7-18(22)8-6-17;/h5-8,19H,4,9-14H2,1-3H3,(H2,23,24,26);1H. The summed E-state index contributed by atoms with van der Waals surface area (Å²) in [5.41, 5.74) is 2.43. The van der Waals surface area contributed by atoms with Gasteiger partial charge in [-0.15, -0.1) is 35.3 Å². The maximum atomic E-state index is 5.98. The highest BCUT2D eigenvalue weighted by atomic mass is 127. The van der Waals surface area contributed by atoms with Crippen molar-refractivity contribution in [2.24, 2.45) is 4.99 Å². The first-order valence-corrected chi connectivity index (χ1v) is 11.2. The Morgan fingerprint density at radius 1 is 1.24 bits per heavy atom. The van der Waals surface area contributed by atoms with Crippen LogP contribution in [0.15, 0.2) is 29.3 Å². The molecule has 2 heterocycles. The zero-order chi connectivity index (χ0) is 19.9. The van der Waals surface area contributed by atoms with Gasteiger partial charge in [-0.3, -0.25) is 4.90 Å². The number of benzene rings is 1. The molecule has 0 saturated carbocycles. The van der Waals surface area contributed by atoms with Gasteiger partial charge in [0.25, 0.3) is 0 Å². The van der Waals surface area contributed by atoms with Crippen LogP contribution in [0.5, 0.6) is 0 Å². The Hall–Kier alpha value is -0.900. The van der Waals surface area contributed by atoms with Gasteiger partial charge in [0.05, 0.1) is 12.2 Å². The van der Waals surface area contributed by atoms with Crippen LogP contribution in [-0.4, -0.2) is 41.5 Å². The minimum Gasteiger partial charge on any atom is -0.357 e. The number of guanidine groups is 1. The van der Waals surface area contributed by atoms with Crippen LogP contribution in [-0.2, 0) is 13.1 Å². The first kappa shape index (κ1) is 24.4. The zero-order valence-electron chi connectivity index (χ0n) is 17.4. The minimum absolute atomic E-state index is 0. The Balaban J connectivity index is 0.00000300. The third-order valence-corrected chi connectivity index (χ3v) is 6.35. The molecule has 1 saturated heterocycles. The van der Waals surface area contributed by atoms with Crippen molar-refractivity contribution < 1.29 is 0 Å². The predicted octanol–water partition coefficient (Wildman–Crippen LogP) is 4.75. The van der Waals surface area contributed by atoms with Crippen molar-refractivity contribution >= 4 is 52.9 Å². The Morgan fingerprint density at radius 2 is 1.93 bits per heavy atom. The first-order valence-electron chi connectivity index (χ1n) is 9.98. The second kappa shape index (κ2) is 12.1. The molecule has 1 aromatic heterocycles. The SMILES string of the molecule is CCNC(=NCc1nc(C)c(C)s1)NC1CCN(Cc2ccc(Cl)cc2)CC1.I. The monoisotopic (exact) mass is 547 g/mol. The number of likely N-dealkylation sites (tertiary alicyclic amines) is 1. The highest BCUT2D eigenvalue weighted by molar-refractivity contribution is 14.0. The maximum absolute atomic E-state index is 5.98. The summed E-state index contributed by atoms with van der Waals surface area (Å²) in [5, 5.41) is 8.85. The lowest BCUT2D eigenvalue weighted by atomic mass is 10.0. The van der Waals surface area contributed by atoms with Crippen molar-refractivity contribution in [1.82, 2.24) is 20.5 Å². The van der Waals surface area contributed by atoms with Crippen LogP contribution in [0.1, 0.15) is 40.9 Å². The highest BCUT2D eigenvalue weighted by Gasteiger charge is 2.20. The Labute approximate surface area is 200 Å². The van der Waals surface area contributed by atoms with Crippen molar-refractivity contribution in [2.45, 2.75) is 52.7 Å². The number of nitrogens with zero attached hydrogens (tertiary/aromatic N) is 3. The third kappa shape index (κ3) is 7.70. The Kier molecular flexibility index (Phi) is 10.1. The molecule has 0 atom stereocenters. The summed E-state index contributed by atoms with van der Waals surface area (Å²) in [5.74, 6) is 0.893. The summed E-state index contributed by atoms with van der Waals surface area (Å²) >= 11 is 7.71. The molecule has 3 rings (SSSR count). The van der Waals surface area contributed by atoms with E-state index in [2.05, 4.69) is 53.4 Å². The summed E-state index contributed by atoms with van der Waals surface area (Å²) in [6, 6.07) is 8.62. The van der Waals surface area contributed by atoms with Crippen molar-refractivity contribution in [1.29, 1.82) is 0 Å². The molecular formula is C21H31ClIN5S. The molecule has 8 heteroatoms. The second-order valence-electron chi connectivity index (χ2n) is 7.27. The quantitative estimate of drug-likeness (QED) is 0.311. The van der Waals surface area contributed by atoms with Crippen LogP contribution < -0.4 is 10.6 Å². The van der Waals surface area contributed by atoms with Crippen LogP contribution in [0.3, 0.4) is 0 Å². The van der Waals surface area contributed by atoms with Gasteiger partial charge in [-0.25, -0.2) is 9.98 Å². The van der Waals surface area contributed by atoms with E-state index < -0.39 is 0 Å². The number of aliphatic imine (C=N–C) groups is 1. The van der Waals surface area contributed by atoms with Gasteiger partial charge in [0.2, 0.25) is 0 Å². The molecule has 0 spiro atoms. The summed E-state index contributed by atoms with van der Waals surface area (Å²) in [6.07, 6.45) is 2.24. The molecule has 5 nitrogen and oxygen atoms in total. The maximum Gasteiger partial charge on any atom is 0.191 e. The first-order chi connectivity index (χ1) is 13.5. The normalized spacial score (nSPS) is 15.8. The van der Waals surface area contributed by atoms with E-state index in [9.17, 15) is 0 Å². The number of hydrogen-bond donors (Lipinski definition) is 2. The van der Waals surface area contributed by atoms with Crippen LogP contribution in [0, 0.1) is 13.8 Å². The van der Waals surface area contributed by atoms with Gasteiger partial charge in [0.15, 0.2) is 5.96 Å². The van der Waals surface area contributed by atoms with Gasteiger partial charge in [-0.05, 0) is 51.3 Å². The van der Waals surface area contributed by atoms with Gasteiger partial charge in [-0.1, -0.05) is 23.7 Å². The molecule has 29 heavy (non-hydrogen) atoms. The van der Waals surface area contributed by atoms with Crippen LogP contribution in [0.25, 0.3) is 0 Å². The van der Waals surface area contributed by atoms with E-state index in [4.69, 9.17) is 16.6 Å². The van der Waals surface area contributed by atoms with Crippen LogP contribution >= 0.6 is 46.9 Å². The molecule has 1 aromatic carbocycles. The van der Waals surface area contributed by atoms with E-state index >= 15 is 0 Å². The summed E-state index contributed by atoms with van der Waals surface area (Å²) < 4.78 is 0.